The standard InChI is InChI=1S/C21H19NO3/c1-4-15-6-8-16(9-7-15)12-22-19-11-14(2)5-10-17(19)18(13-23)20(22)21(24)25-3/h4-11,13H,1,12H2,2-3H3. The molecule has 2 aromatic carbocycles. The number of carbonyl (C=O) groups is 2. The van der Waals surface area contributed by atoms with Crippen LogP contribution in [-0.4, -0.2) is 23.9 Å². The van der Waals surface area contributed by atoms with E-state index < -0.39 is 5.97 Å². The first-order valence-corrected chi connectivity index (χ1v) is 7.96. The van der Waals surface area contributed by atoms with Crippen LogP contribution >= 0.6 is 0 Å². The number of aromatic nitrogens is 1. The van der Waals surface area contributed by atoms with Crippen molar-refractivity contribution < 1.29 is 14.3 Å². The molecule has 0 aliphatic rings. The van der Waals surface area contributed by atoms with Gasteiger partial charge in [-0.15, -0.1) is 0 Å². The van der Waals surface area contributed by atoms with Crippen LogP contribution in [0.5, 0.6) is 0 Å². The zero-order valence-corrected chi connectivity index (χ0v) is 14.3. The first-order chi connectivity index (χ1) is 12.1. The summed E-state index contributed by atoms with van der Waals surface area (Å²) in [7, 11) is 1.32. The van der Waals surface area contributed by atoms with Crippen molar-refractivity contribution in [2.24, 2.45) is 0 Å². The van der Waals surface area contributed by atoms with E-state index in [9.17, 15) is 9.59 Å². The molecule has 0 saturated carbocycles. The van der Waals surface area contributed by atoms with E-state index in [2.05, 4.69) is 6.58 Å². The maximum atomic E-state index is 12.3. The van der Waals surface area contributed by atoms with Gasteiger partial charge >= 0.3 is 5.97 Å². The number of nitrogens with zero attached hydrogens (tertiary/aromatic N) is 1. The zero-order chi connectivity index (χ0) is 18.0. The van der Waals surface area contributed by atoms with Crippen molar-refractivity contribution in [1.29, 1.82) is 0 Å². The molecule has 0 aliphatic carbocycles. The Hall–Kier alpha value is -3.14. The molecule has 0 fully saturated rings. The van der Waals surface area contributed by atoms with Crippen LogP contribution in [0.25, 0.3) is 17.0 Å². The molecule has 0 saturated heterocycles. The van der Waals surface area contributed by atoms with E-state index in [4.69, 9.17) is 4.74 Å². The van der Waals surface area contributed by atoms with Crippen LogP contribution in [0.4, 0.5) is 0 Å². The summed E-state index contributed by atoms with van der Waals surface area (Å²) in [6, 6.07) is 13.7. The molecule has 0 aliphatic heterocycles. The number of methoxy groups -OCH3 is 1. The van der Waals surface area contributed by atoms with E-state index in [1.54, 1.807) is 6.08 Å². The second-order valence-electron chi connectivity index (χ2n) is 5.92. The SMILES string of the molecule is C=Cc1ccc(Cn2c(C(=O)OC)c(C=O)c3ccc(C)cc32)cc1. The Morgan fingerprint density at radius 2 is 1.92 bits per heavy atom. The van der Waals surface area contributed by atoms with Crippen molar-refractivity contribution in [3.63, 3.8) is 0 Å². The Kier molecular flexibility index (Phi) is 4.52. The van der Waals surface area contributed by atoms with E-state index in [0.717, 1.165) is 33.9 Å². The van der Waals surface area contributed by atoms with Gasteiger partial charge in [-0.3, -0.25) is 4.79 Å². The number of benzene rings is 2. The largest absolute Gasteiger partial charge is 0.464 e. The number of hydrogen-bond acceptors (Lipinski definition) is 3. The predicted octanol–water partition coefficient (Wildman–Crippen LogP) is 4.24. The molecule has 0 radical (unpaired) electrons. The van der Waals surface area contributed by atoms with E-state index >= 15 is 0 Å². The Morgan fingerprint density at radius 3 is 2.52 bits per heavy atom. The normalized spacial score (nSPS) is 10.6. The third-order valence-corrected chi connectivity index (χ3v) is 4.31. The van der Waals surface area contributed by atoms with Gasteiger partial charge in [0.25, 0.3) is 0 Å². The molecule has 3 rings (SSSR count). The summed E-state index contributed by atoms with van der Waals surface area (Å²) >= 11 is 0. The molecule has 0 unspecified atom stereocenters. The van der Waals surface area contributed by atoms with E-state index in [-0.39, 0.29) is 5.69 Å². The number of fused-ring (bicyclic) bond motifs is 1. The highest BCUT2D eigenvalue weighted by Gasteiger charge is 2.23. The van der Waals surface area contributed by atoms with Crippen LogP contribution < -0.4 is 0 Å². The van der Waals surface area contributed by atoms with Crippen molar-refractivity contribution in [3.8, 4) is 0 Å². The lowest BCUT2D eigenvalue weighted by Gasteiger charge is -2.11. The fourth-order valence-corrected chi connectivity index (χ4v) is 3.03. The molecule has 0 N–H and O–H groups in total. The smallest absolute Gasteiger partial charge is 0.355 e. The lowest BCUT2D eigenvalue weighted by atomic mass is 10.1. The van der Waals surface area contributed by atoms with Crippen molar-refractivity contribution in [2.45, 2.75) is 13.5 Å². The third-order valence-electron chi connectivity index (χ3n) is 4.31. The minimum absolute atomic E-state index is 0.283. The second kappa shape index (κ2) is 6.77. The van der Waals surface area contributed by atoms with Gasteiger partial charge in [0.15, 0.2) is 6.29 Å². The average molecular weight is 333 g/mol. The maximum Gasteiger partial charge on any atom is 0.355 e. The molecule has 1 aromatic heterocycles. The van der Waals surface area contributed by atoms with Crippen molar-refractivity contribution in [3.05, 3.63) is 77.0 Å². The van der Waals surface area contributed by atoms with Gasteiger partial charge in [0.2, 0.25) is 0 Å². The van der Waals surface area contributed by atoms with E-state index in [1.807, 2.05) is 54.0 Å². The Balaban J connectivity index is 2.22. The minimum Gasteiger partial charge on any atom is -0.464 e. The first kappa shape index (κ1) is 16.7. The average Bonchev–Trinajstić information content (AvgIpc) is 2.94. The van der Waals surface area contributed by atoms with E-state index in [1.165, 1.54) is 7.11 Å². The van der Waals surface area contributed by atoms with Crippen LogP contribution in [0.15, 0.2) is 49.0 Å². The lowest BCUT2D eigenvalue weighted by Crippen LogP contribution is -2.13. The van der Waals surface area contributed by atoms with Gasteiger partial charge in [0, 0.05) is 17.4 Å². The number of carbonyl (C=O) groups excluding carboxylic acids is 2. The van der Waals surface area contributed by atoms with Crippen LogP contribution in [-0.2, 0) is 11.3 Å². The highest BCUT2D eigenvalue weighted by Crippen LogP contribution is 2.28. The summed E-state index contributed by atoms with van der Waals surface area (Å²) < 4.78 is 6.77. The van der Waals surface area contributed by atoms with Crippen LogP contribution in [0.3, 0.4) is 0 Å². The van der Waals surface area contributed by atoms with Gasteiger partial charge in [-0.2, -0.15) is 0 Å². The van der Waals surface area contributed by atoms with Crippen molar-refractivity contribution in [1.82, 2.24) is 4.57 Å². The van der Waals surface area contributed by atoms with Gasteiger partial charge in [0.1, 0.15) is 5.69 Å². The van der Waals surface area contributed by atoms with Gasteiger partial charge < -0.3 is 9.30 Å². The maximum absolute atomic E-state index is 12.3. The van der Waals surface area contributed by atoms with Gasteiger partial charge in [-0.05, 0) is 29.7 Å². The molecular weight excluding hydrogens is 314 g/mol. The Bertz CT molecular complexity index is 965. The summed E-state index contributed by atoms with van der Waals surface area (Å²) in [5.41, 5.74) is 4.60. The number of ether oxygens (including phenoxy) is 1. The molecule has 3 aromatic rings. The Morgan fingerprint density at radius 1 is 1.20 bits per heavy atom. The van der Waals surface area contributed by atoms with Crippen molar-refractivity contribution >= 4 is 29.2 Å². The number of aryl methyl sites for hydroxylation is 1. The molecule has 1 heterocycles. The molecule has 4 heteroatoms. The summed E-state index contributed by atoms with van der Waals surface area (Å²) in [6.45, 7) is 6.20. The highest BCUT2D eigenvalue weighted by molar-refractivity contribution is 6.08. The number of esters is 1. The molecular formula is C21H19NO3. The zero-order valence-electron chi connectivity index (χ0n) is 14.3. The summed E-state index contributed by atoms with van der Waals surface area (Å²) in [4.78, 5) is 24.0. The van der Waals surface area contributed by atoms with Crippen LogP contribution in [0.1, 0.15) is 37.5 Å². The fourth-order valence-electron chi connectivity index (χ4n) is 3.03. The first-order valence-electron chi connectivity index (χ1n) is 7.96. The van der Waals surface area contributed by atoms with Crippen LogP contribution in [0, 0.1) is 6.92 Å². The monoisotopic (exact) mass is 333 g/mol. The summed E-state index contributed by atoms with van der Waals surface area (Å²) in [5.74, 6) is -0.515. The van der Waals surface area contributed by atoms with E-state index in [0.29, 0.717) is 12.1 Å². The van der Waals surface area contributed by atoms with Gasteiger partial charge in [-0.25, -0.2) is 4.79 Å². The summed E-state index contributed by atoms with van der Waals surface area (Å²) in [5, 5.41) is 0.753. The highest BCUT2D eigenvalue weighted by atomic mass is 16.5. The Labute approximate surface area is 146 Å². The number of hydrogen-bond donors (Lipinski definition) is 0. The molecule has 25 heavy (non-hydrogen) atoms. The molecule has 4 nitrogen and oxygen atoms in total. The van der Waals surface area contributed by atoms with Crippen molar-refractivity contribution in [2.75, 3.05) is 7.11 Å². The molecule has 0 bridgehead atoms. The lowest BCUT2D eigenvalue weighted by molar-refractivity contribution is 0.0587. The predicted molar refractivity (Wildman–Crippen MR) is 99.0 cm³/mol. The quantitative estimate of drug-likeness (QED) is 0.518. The number of aldehydes is 1. The molecule has 0 amide bonds. The van der Waals surface area contributed by atoms with Gasteiger partial charge in [-0.1, -0.05) is 49.1 Å². The fraction of sp³-hybridized carbons (Fsp3) is 0.143. The molecule has 0 atom stereocenters. The van der Waals surface area contributed by atoms with Crippen LogP contribution in [0.2, 0.25) is 0 Å². The molecule has 0 spiro atoms. The minimum atomic E-state index is -0.515. The third kappa shape index (κ3) is 2.98. The second-order valence-corrected chi connectivity index (χ2v) is 5.92. The number of rotatable bonds is 5. The topological polar surface area (TPSA) is 48.3 Å². The molecule has 126 valence electrons. The van der Waals surface area contributed by atoms with Gasteiger partial charge in [0.05, 0.1) is 12.7 Å². The summed E-state index contributed by atoms with van der Waals surface area (Å²) in [6.07, 6.45) is 2.50.